The van der Waals surface area contributed by atoms with E-state index < -0.39 is 11.6 Å². The molecule has 0 radical (unpaired) electrons. The van der Waals surface area contributed by atoms with Gasteiger partial charge in [-0.2, -0.15) is 0 Å². The van der Waals surface area contributed by atoms with Gasteiger partial charge in [0.05, 0.1) is 11.2 Å². The van der Waals surface area contributed by atoms with Crippen LogP contribution in [0.15, 0.2) is 18.2 Å². The normalized spacial score (nSPS) is 20.9. The second kappa shape index (κ2) is 5.68. The lowest BCUT2D eigenvalue weighted by atomic mass is 9.83. The quantitative estimate of drug-likeness (QED) is 0.898. The third-order valence-electron chi connectivity index (χ3n) is 4.85. The van der Waals surface area contributed by atoms with Crippen LogP contribution in [0.25, 0.3) is 0 Å². The Morgan fingerprint density at radius 3 is 2.67 bits per heavy atom. The molecule has 2 N–H and O–H groups in total. The summed E-state index contributed by atoms with van der Waals surface area (Å²) in [6.07, 6.45) is 6.87. The van der Waals surface area contributed by atoms with Gasteiger partial charge in [-0.15, -0.1) is 0 Å². The number of carboxylic acids is 1. The van der Waals surface area contributed by atoms with Gasteiger partial charge in [0.1, 0.15) is 0 Å². The summed E-state index contributed by atoms with van der Waals surface area (Å²) in [5, 5.41) is 20.1. The average Bonchev–Trinajstić information content (AvgIpc) is 2.47. The van der Waals surface area contributed by atoms with Crippen LogP contribution in [0.3, 0.4) is 0 Å². The van der Waals surface area contributed by atoms with E-state index >= 15 is 0 Å². The number of benzene rings is 1. The lowest BCUT2D eigenvalue weighted by molar-refractivity contribution is 0.0108. The zero-order chi connectivity index (χ0) is 14.9. The molecule has 0 amide bonds. The van der Waals surface area contributed by atoms with E-state index in [-0.39, 0.29) is 0 Å². The van der Waals surface area contributed by atoms with Crippen molar-refractivity contribution < 1.29 is 15.0 Å². The monoisotopic (exact) mass is 289 g/mol. The van der Waals surface area contributed by atoms with Crippen molar-refractivity contribution in [3.63, 3.8) is 0 Å². The van der Waals surface area contributed by atoms with Crippen LogP contribution in [-0.2, 0) is 6.42 Å². The first kappa shape index (κ1) is 14.4. The lowest BCUT2D eigenvalue weighted by Crippen LogP contribution is -2.46. The zero-order valence-electron chi connectivity index (χ0n) is 12.3. The molecule has 21 heavy (non-hydrogen) atoms. The van der Waals surface area contributed by atoms with E-state index in [0.717, 1.165) is 56.3 Å². The summed E-state index contributed by atoms with van der Waals surface area (Å²) in [4.78, 5) is 13.6. The molecule has 0 unspecified atom stereocenters. The number of aromatic carboxylic acids is 1. The molecule has 1 aromatic carbocycles. The highest BCUT2D eigenvalue weighted by atomic mass is 16.4. The fraction of sp³-hybridized carbons (Fsp3) is 0.588. The number of aliphatic hydroxyl groups is 1. The molecule has 0 aromatic heterocycles. The molecule has 0 atom stereocenters. The molecule has 0 spiro atoms. The van der Waals surface area contributed by atoms with E-state index in [1.54, 1.807) is 6.07 Å². The fourth-order valence-electron chi connectivity index (χ4n) is 3.79. The smallest absolute Gasteiger partial charge is 0.336 e. The topological polar surface area (TPSA) is 60.8 Å². The standard InChI is InChI=1S/C17H23NO3/c19-16(20)14-6-4-8-15-13(14)7-5-11-18(15)12-17(21)9-2-1-3-10-17/h4,6,8,21H,1-3,5,7,9-12H2,(H,19,20). The van der Waals surface area contributed by atoms with Crippen molar-refractivity contribution in [2.24, 2.45) is 0 Å². The van der Waals surface area contributed by atoms with E-state index in [1.165, 1.54) is 6.42 Å². The molecular weight excluding hydrogens is 266 g/mol. The van der Waals surface area contributed by atoms with Crippen molar-refractivity contribution in [3.8, 4) is 0 Å². The number of nitrogens with zero attached hydrogens (tertiary/aromatic N) is 1. The number of rotatable bonds is 3. The first-order valence-electron chi connectivity index (χ1n) is 7.92. The second-order valence-corrected chi connectivity index (χ2v) is 6.42. The first-order chi connectivity index (χ1) is 10.1. The van der Waals surface area contributed by atoms with Gasteiger partial charge in [0.25, 0.3) is 0 Å². The number of β-amino-alcohol motifs (C(OH)–C–C–N with tert-alkyl or cyclic N) is 1. The van der Waals surface area contributed by atoms with E-state index in [1.807, 2.05) is 12.1 Å². The Labute approximate surface area is 125 Å². The van der Waals surface area contributed by atoms with Crippen LogP contribution in [-0.4, -0.2) is 34.9 Å². The van der Waals surface area contributed by atoms with Gasteiger partial charge in [-0.3, -0.25) is 0 Å². The maximum atomic E-state index is 11.4. The highest BCUT2D eigenvalue weighted by Crippen LogP contribution is 2.34. The Morgan fingerprint density at radius 1 is 1.19 bits per heavy atom. The summed E-state index contributed by atoms with van der Waals surface area (Å²) in [6, 6.07) is 5.48. The average molecular weight is 289 g/mol. The molecular formula is C17H23NO3. The Hall–Kier alpha value is -1.55. The number of carbonyl (C=O) groups is 1. The minimum absolute atomic E-state index is 0.410. The van der Waals surface area contributed by atoms with Gasteiger partial charge in [0.15, 0.2) is 0 Å². The van der Waals surface area contributed by atoms with Gasteiger partial charge in [0, 0.05) is 18.8 Å². The second-order valence-electron chi connectivity index (χ2n) is 6.42. The van der Waals surface area contributed by atoms with Gasteiger partial charge in [0.2, 0.25) is 0 Å². The minimum atomic E-state index is -0.856. The van der Waals surface area contributed by atoms with E-state index in [0.29, 0.717) is 12.1 Å². The van der Waals surface area contributed by atoms with Gasteiger partial charge < -0.3 is 15.1 Å². The van der Waals surface area contributed by atoms with Crippen molar-refractivity contribution in [1.29, 1.82) is 0 Å². The molecule has 1 aliphatic carbocycles. The summed E-state index contributed by atoms with van der Waals surface area (Å²) in [5.41, 5.74) is 1.73. The van der Waals surface area contributed by atoms with Gasteiger partial charge >= 0.3 is 5.97 Å². The molecule has 1 aliphatic heterocycles. The van der Waals surface area contributed by atoms with Gasteiger partial charge in [-0.1, -0.05) is 25.3 Å². The van der Waals surface area contributed by atoms with Gasteiger partial charge in [-0.05, 0) is 43.4 Å². The maximum Gasteiger partial charge on any atom is 0.336 e. The largest absolute Gasteiger partial charge is 0.478 e. The van der Waals surface area contributed by atoms with Crippen LogP contribution in [0.4, 0.5) is 5.69 Å². The number of fused-ring (bicyclic) bond motifs is 1. The Balaban J connectivity index is 1.87. The summed E-state index contributed by atoms with van der Waals surface area (Å²) in [6.45, 7) is 1.53. The molecule has 1 heterocycles. The third-order valence-corrected chi connectivity index (χ3v) is 4.85. The summed E-state index contributed by atoms with van der Waals surface area (Å²) >= 11 is 0. The van der Waals surface area contributed by atoms with Crippen LogP contribution in [0, 0.1) is 0 Å². The molecule has 0 bridgehead atoms. The number of hydrogen-bond acceptors (Lipinski definition) is 3. The maximum absolute atomic E-state index is 11.4. The predicted molar refractivity (Wildman–Crippen MR) is 82.0 cm³/mol. The Kier molecular flexibility index (Phi) is 3.89. The molecule has 0 saturated heterocycles. The van der Waals surface area contributed by atoms with Crippen molar-refractivity contribution >= 4 is 11.7 Å². The highest BCUT2D eigenvalue weighted by molar-refractivity contribution is 5.91. The summed E-state index contributed by atoms with van der Waals surface area (Å²) in [5.74, 6) is -0.856. The van der Waals surface area contributed by atoms with Crippen LogP contribution < -0.4 is 4.90 Å². The van der Waals surface area contributed by atoms with E-state index in [4.69, 9.17) is 0 Å². The summed E-state index contributed by atoms with van der Waals surface area (Å²) in [7, 11) is 0. The first-order valence-corrected chi connectivity index (χ1v) is 7.92. The van der Waals surface area contributed by atoms with Crippen LogP contribution >= 0.6 is 0 Å². The van der Waals surface area contributed by atoms with Crippen molar-refractivity contribution in [3.05, 3.63) is 29.3 Å². The molecule has 114 valence electrons. The molecule has 1 saturated carbocycles. The molecule has 4 nitrogen and oxygen atoms in total. The van der Waals surface area contributed by atoms with Crippen LogP contribution in [0.1, 0.15) is 54.4 Å². The Morgan fingerprint density at radius 2 is 1.95 bits per heavy atom. The Bertz CT molecular complexity index is 535. The SMILES string of the molecule is O=C(O)c1cccc2c1CCCN2CC1(O)CCCCC1. The van der Waals surface area contributed by atoms with Crippen molar-refractivity contribution in [2.45, 2.75) is 50.5 Å². The molecule has 4 heteroatoms. The summed E-state index contributed by atoms with van der Waals surface area (Å²) < 4.78 is 0. The van der Waals surface area contributed by atoms with Crippen LogP contribution in [0.2, 0.25) is 0 Å². The van der Waals surface area contributed by atoms with E-state index in [2.05, 4.69) is 4.90 Å². The zero-order valence-corrected chi connectivity index (χ0v) is 12.3. The van der Waals surface area contributed by atoms with Crippen molar-refractivity contribution in [2.75, 3.05) is 18.0 Å². The highest BCUT2D eigenvalue weighted by Gasteiger charge is 2.33. The fourth-order valence-corrected chi connectivity index (χ4v) is 3.79. The minimum Gasteiger partial charge on any atom is -0.478 e. The van der Waals surface area contributed by atoms with Crippen LogP contribution in [0.5, 0.6) is 0 Å². The molecule has 2 aliphatic rings. The molecule has 1 aromatic rings. The number of anilines is 1. The third kappa shape index (κ3) is 2.91. The number of carboxylic acid groups (broad SMARTS) is 1. The molecule has 3 rings (SSSR count). The predicted octanol–water partition coefficient (Wildman–Crippen LogP) is 2.83. The lowest BCUT2D eigenvalue weighted by Gasteiger charge is -2.40. The van der Waals surface area contributed by atoms with Crippen molar-refractivity contribution in [1.82, 2.24) is 0 Å². The molecule has 1 fully saturated rings. The van der Waals surface area contributed by atoms with E-state index in [9.17, 15) is 15.0 Å². The van der Waals surface area contributed by atoms with Gasteiger partial charge in [-0.25, -0.2) is 4.79 Å². The number of hydrogen-bond donors (Lipinski definition) is 2.